The summed E-state index contributed by atoms with van der Waals surface area (Å²) in [5, 5.41) is 11.9. The molecule has 3 N–H and O–H groups in total. The summed E-state index contributed by atoms with van der Waals surface area (Å²) in [6.45, 7) is 1.55. The van der Waals surface area contributed by atoms with Gasteiger partial charge in [-0.2, -0.15) is 0 Å². The molecule has 28 heavy (non-hydrogen) atoms. The van der Waals surface area contributed by atoms with Gasteiger partial charge in [-0.3, -0.25) is 9.59 Å². The highest BCUT2D eigenvalue weighted by atomic mass is 16.5. The van der Waals surface area contributed by atoms with Crippen LogP contribution in [0, 0.1) is 0 Å². The number of carboxylic acids is 1. The summed E-state index contributed by atoms with van der Waals surface area (Å²) in [5.41, 5.74) is 2.30. The van der Waals surface area contributed by atoms with Crippen molar-refractivity contribution in [2.45, 2.75) is 19.9 Å². The van der Waals surface area contributed by atoms with Crippen molar-refractivity contribution in [1.82, 2.24) is 10.3 Å². The quantitative estimate of drug-likeness (QED) is 0.411. The van der Waals surface area contributed by atoms with Crippen LogP contribution in [0.1, 0.15) is 28.5 Å². The molecule has 7 heteroatoms. The van der Waals surface area contributed by atoms with Crippen molar-refractivity contribution in [3.8, 4) is 5.75 Å². The monoisotopic (exact) mass is 380 g/mol. The second kappa shape index (κ2) is 8.39. The zero-order chi connectivity index (χ0) is 20.1. The molecule has 1 amide bonds. The van der Waals surface area contributed by atoms with E-state index in [0.29, 0.717) is 23.0 Å². The van der Waals surface area contributed by atoms with Crippen LogP contribution >= 0.6 is 0 Å². The van der Waals surface area contributed by atoms with Gasteiger partial charge in [-0.05, 0) is 24.1 Å². The molecule has 2 aromatic carbocycles. The topological polar surface area (TPSA) is 108 Å². The van der Waals surface area contributed by atoms with E-state index in [0.717, 1.165) is 5.56 Å². The fourth-order valence-electron chi connectivity index (χ4n) is 3.02. The Hall–Kier alpha value is -3.61. The molecule has 1 heterocycles. The third-order valence-corrected chi connectivity index (χ3v) is 4.30. The summed E-state index contributed by atoms with van der Waals surface area (Å²) >= 11 is 0. The second-order valence-electron chi connectivity index (χ2n) is 6.19. The minimum Gasteiger partial charge on any atom is -0.481 e. The molecule has 0 bridgehead atoms. The second-order valence-corrected chi connectivity index (χ2v) is 6.19. The number of ketones is 1. The van der Waals surface area contributed by atoms with E-state index in [1.807, 2.05) is 37.3 Å². The van der Waals surface area contributed by atoms with Gasteiger partial charge in [-0.15, -0.1) is 0 Å². The van der Waals surface area contributed by atoms with E-state index in [1.54, 1.807) is 18.2 Å². The first-order valence-corrected chi connectivity index (χ1v) is 8.85. The van der Waals surface area contributed by atoms with Gasteiger partial charge in [0.1, 0.15) is 5.75 Å². The minimum absolute atomic E-state index is 0.212. The lowest BCUT2D eigenvalue weighted by Crippen LogP contribution is -2.31. The number of fused-ring (bicyclic) bond motifs is 1. The Labute approximate surface area is 161 Å². The van der Waals surface area contributed by atoms with Crippen molar-refractivity contribution >= 4 is 28.6 Å². The van der Waals surface area contributed by atoms with Crippen molar-refractivity contribution in [3.63, 3.8) is 0 Å². The molecular formula is C21H20N2O5. The van der Waals surface area contributed by atoms with Crippen LogP contribution in [0.5, 0.6) is 5.75 Å². The molecule has 3 aromatic rings. The summed E-state index contributed by atoms with van der Waals surface area (Å²) in [6, 6.07) is 14.3. The van der Waals surface area contributed by atoms with E-state index in [2.05, 4.69) is 10.3 Å². The average molecular weight is 380 g/mol. The van der Waals surface area contributed by atoms with Crippen LogP contribution in [-0.2, 0) is 22.6 Å². The lowest BCUT2D eigenvalue weighted by Gasteiger charge is -2.08. The van der Waals surface area contributed by atoms with E-state index < -0.39 is 24.3 Å². The first kappa shape index (κ1) is 19.2. The van der Waals surface area contributed by atoms with Gasteiger partial charge < -0.3 is 20.1 Å². The third-order valence-electron chi connectivity index (χ3n) is 4.30. The van der Waals surface area contributed by atoms with Crippen molar-refractivity contribution in [2.24, 2.45) is 0 Å². The van der Waals surface area contributed by atoms with Crippen LogP contribution < -0.4 is 10.1 Å². The van der Waals surface area contributed by atoms with E-state index in [4.69, 9.17) is 9.84 Å². The molecule has 0 fully saturated rings. The zero-order valence-electron chi connectivity index (χ0n) is 15.3. The van der Waals surface area contributed by atoms with Crippen molar-refractivity contribution in [3.05, 3.63) is 65.4 Å². The summed E-state index contributed by atoms with van der Waals surface area (Å²) in [6.07, 6.45) is 0.500. The number of benzene rings is 2. The first-order valence-electron chi connectivity index (χ1n) is 8.85. The predicted octanol–water partition coefficient (Wildman–Crippen LogP) is 2.69. The zero-order valence-corrected chi connectivity index (χ0v) is 15.3. The number of carbonyl (C=O) groups is 3. The number of aromatic amines is 1. The standard InChI is InChI=1S/C21H20N2O5/c1-2-14-19(20(26)21(27)22-11-13-7-4-3-5-8-13)18-15(23-14)9-6-10-16(18)28-12-17(24)25/h3-10,23H,2,11-12H2,1H3,(H,22,27)(H,24,25). The number of nitrogens with one attached hydrogen (secondary N) is 2. The number of hydrogen-bond donors (Lipinski definition) is 3. The van der Waals surface area contributed by atoms with Crippen molar-refractivity contribution < 1.29 is 24.2 Å². The molecule has 7 nitrogen and oxygen atoms in total. The molecule has 1 aromatic heterocycles. The molecule has 0 saturated heterocycles. The van der Waals surface area contributed by atoms with E-state index in [1.165, 1.54) is 0 Å². The highest BCUT2D eigenvalue weighted by molar-refractivity contribution is 6.45. The summed E-state index contributed by atoms with van der Waals surface area (Å²) in [5.74, 6) is -2.30. The van der Waals surface area contributed by atoms with Gasteiger partial charge in [0, 0.05) is 12.2 Å². The number of Topliss-reactive ketones (excluding diaryl/α,β-unsaturated/α-hetero) is 1. The van der Waals surface area contributed by atoms with Gasteiger partial charge in [0.05, 0.1) is 16.5 Å². The molecule has 3 rings (SSSR count). The number of aliphatic carboxylic acids is 1. The molecule has 0 unspecified atom stereocenters. The smallest absolute Gasteiger partial charge is 0.341 e. The van der Waals surface area contributed by atoms with Crippen LogP contribution in [0.2, 0.25) is 0 Å². The average Bonchev–Trinajstić information content (AvgIpc) is 3.09. The Morgan fingerprint density at radius 2 is 1.82 bits per heavy atom. The van der Waals surface area contributed by atoms with Gasteiger partial charge in [-0.25, -0.2) is 4.79 Å². The summed E-state index contributed by atoms with van der Waals surface area (Å²) in [4.78, 5) is 39.4. The summed E-state index contributed by atoms with van der Waals surface area (Å²) in [7, 11) is 0. The Balaban J connectivity index is 1.92. The normalized spacial score (nSPS) is 10.6. The maximum Gasteiger partial charge on any atom is 0.341 e. The van der Waals surface area contributed by atoms with Crippen LogP contribution in [-0.4, -0.2) is 34.4 Å². The highest BCUT2D eigenvalue weighted by Crippen LogP contribution is 2.32. The lowest BCUT2D eigenvalue weighted by molar-refractivity contribution is -0.139. The molecular weight excluding hydrogens is 360 g/mol. The number of ether oxygens (including phenoxy) is 1. The Morgan fingerprint density at radius 1 is 1.07 bits per heavy atom. The highest BCUT2D eigenvalue weighted by Gasteiger charge is 2.25. The Kier molecular flexibility index (Phi) is 5.74. The van der Waals surface area contributed by atoms with Gasteiger partial charge in [0.15, 0.2) is 6.61 Å². The first-order chi connectivity index (χ1) is 13.5. The number of carboxylic acid groups (broad SMARTS) is 1. The number of rotatable bonds is 8. The fraction of sp³-hybridized carbons (Fsp3) is 0.190. The number of aromatic nitrogens is 1. The minimum atomic E-state index is -1.13. The molecule has 144 valence electrons. The summed E-state index contributed by atoms with van der Waals surface area (Å²) < 4.78 is 5.33. The Bertz CT molecular complexity index is 1020. The maximum atomic E-state index is 12.9. The molecule has 0 atom stereocenters. The maximum absolute atomic E-state index is 12.9. The van der Waals surface area contributed by atoms with Crippen LogP contribution in [0.15, 0.2) is 48.5 Å². The van der Waals surface area contributed by atoms with Gasteiger partial charge in [0.25, 0.3) is 11.7 Å². The van der Waals surface area contributed by atoms with E-state index >= 15 is 0 Å². The number of carbonyl (C=O) groups excluding carboxylic acids is 2. The van der Waals surface area contributed by atoms with Crippen molar-refractivity contribution in [2.75, 3.05) is 6.61 Å². The molecule has 0 radical (unpaired) electrons. The molecule has 0 aliphatic carbocycles. The molecule has 0 saturated carbocycles. The van der Waals surface area contributed by atoms with Gasteiger partial charge in [-0.1, -0.05) is 43.3 Å². The fourth-order valence-corrected chi connectivity index (χ4v) is 3.02. The van der Waals surface area contributed by atoms with Crippen LogP contribution in [0.3, 0.4) is 0 Å². The largest absolute Gasteiger partial charge is 0.481 e. The lowest BCUT2D eigenvalue weighted by atomic mass is 10.0. The third kappa shape index (κ3) is 4.03. The van der Waals surface area contributed by atoms with Crippen LogP contribution in [0.4, 0.5) is 0 Å². The van der Waals surface area contributed by atoms with Gasteiger partial charge in [0.2, 0.25) is 0 Å². The number of hydrogen-bond acceptors (Lipinski definition) is 4. The SMILES string of the molecule is CCc1[nH]c2cccc(OCC(=O)O)c2c1C(=O)C(=O)NCc1ccccc1. The van der Waals surface area contributed by atoms with E-state index in [-0.39, 0.29) is 17.9 Å². The molecule has 0 aliphatic rings. The molecule has 0 spiro atoms. The number of H-pyrrole nitrogens is 1. The van der Waals surface area contributed by atoms with Gasteiger partial charge >= 0.3 is 5.97 Å². The predicted molar refractivity (Wildman–Crippen MR) is 103 cm³/mol. The Morgan fingerprint density at radius 3 is 2.50 bits per heavy atom. The van der Waals surface area contributed by atoms with E-state index in [9.17, 15) is 14.4 Å². The van der Waals surface area contributed by atoms with Crippen molar-refractivity contribution in [1.29, 1.82) is 0 Å². The van der Waals surface area contributed by atoms with Crippen LogP contribution in [0.25, 0.3) is 10.9 Å². The molecule has 0 aliphatic heterocycles. The number of amides is 1. The number of aryl methyl sites for hydroxylation is 1.